The van der Waals surface area contributed by atoms with Gasteiger partial charge in [0.1, 0.15) is 11.6 Å². The van der Waals surface area contributed by atoms with Crippen molar-refractivity contribution in [1.29, 1.82) is 0 Å². The molecule has 0 bridgehead atoms. The monoisotopic (exact) mass is 275 g/mol. The van der Waals surface area contributed by atoms with Crippen LogP contribution in [-0.2, 0) is 16.5 Å². The average molecular weight is 276 g/mol. The van der Waals surface area contributed by atoms with Crippen LogP contribution in [0, 0.1) is 0 Å². The third kappa shape index (κ3) is 3.28. The highest BCUT2D eigenvalue weighted by atomic mass is 79.9. The first-order valence-corrected chi connectivity index (χ1v) is 6.39. The maximum absolute atomic E-state index is 5.32. The summed E-state index contributed by atoms with van der Waals surface area (Å²) in [6.07, 6.45) is 0.825. The molecular weight excluding hydrogens is 258 g/mol. The Hall–Kier alpha value is -0.420. The second kappa shape index (κ2) is 6.23. The molecule has 0 amide bonds. The molecule has 0 aliphatic heterocycles. The lowest BCUT2D eigenvalue weighted by Crippen LogP contribution is -2.11. The smallest absolute Gasteiger partial charge is 0.143 e. The first kappa shape index (κ1) is 12.6. The van der Waals surface area contributed by atoms with E-state index in [1.165, 1.54) is 0 Å². The van der Waals surface area contributed by atoms with Crippen molar-refractivity contribution in [2.45, 2.75) is 38.6 Å². The van der Waals surface area contributed by atoms with Crippen LogP contribution in [0.4, 0.5) is 0 Å². The van der Waals surface area contributed by atoms with E-state index in [9.17, 15) is 0 Å². The molecule has 0 fully saturated rings. The Morgan fingerprint density at radius 3 is 2.53 bits per heavy atom. The predicted octanol–water partition coefficient (Wildman–Crippen LogP) is 2.33. The van der Waals surface area contributed by atoms with Gasteiger partial charge < -0.3 is 9.30 Å². The Balaban J connectivity index is 2.73. The summed E-state index contributed by atoms with van der Waals surface area (Å²) in [5.41, 5.74) is 0. The Morgan fingerprint density at radius 1 is 1.33 bits per heavy atom. The van der Waals surface area contributed by atoms with Crippen molar-refractivity contribution in [1.82, 2.24) is 14.8 Å². The third-order valence-electron chi connectivity index (χ3n) is 2.15. The molecule has 1 rings (SSSR count). The van der Waals surface area contributed by atoms with Crippen molar-refractivity contribution in [2.75, 3.05) is 13.2 Å². The molecule has 1 aromatic heterocycles. The molecule has 0 aromatic carbocycles. The van der Waals surface area contributed by atoms with Gasteiger partial charge in [0.2, 0.25) is 0 Å². The van der Waals surface area contributed by atoms with Gasteiger partial charge in [-0.25, -0.2) is 0 Å². The van der Waals surface area contributed by atoms with E-state index in [-0.39, 0.29) is 0 Å². The number of aromatic nitrogens is 3. The highest BCUT2D eigenvalue weighted by Crippen LogP contribution is 2.14. The molecule has 1 heterocycles. The molecule has 0 spiro atoms. The van der Waals surface area contributed by atoms with E-state index in [4.69, 9.17) is 4.74 Å². The van der Waals surface area contributed by atoms with Crippen LogP contribution in [0.25, 0.3) is 0 Å². The first-order valence-electron chi connectivity index (χ1n) is 5.27. The summed E-state index contributed by atoms with van der Waals surface area (Å²) in [4.78, 5) is 0. The molecule has 0 saturated carbocycles. The second-order valence-electron chi connectivity index (χ2n) is 3.58. The summed E-state index contributed by atoms with van der Waals surface area (Å²) >= 11 is 3.42. The first-order chi connectivity index (χ1) is 7.20. The van der Waals surface area contributed by atoms with Crippen LogP contribution in [0.3, 0.4) is 0 Å². The van der Waals surface area contributed by atoms with Gasteiger partial charge >= 0.3 is 0 Å². The van der Waals surface area contributed by atoms with Crippen LogP contribution in [0.5, 0.6) is 0 Å². The van der Waals surface area contributed by atoms with Crippen molar-refractivity contribution in [3.63, 3.8) is 0 Å². The SMILES string of the molecule is CCOCCc1nnc(CBr)n1C(C)C. The van der Waals surface area contributed by atoms with Gasteiger partial charge in [0.15, 0.2) is 0 Å². The molecule has 15 heavy (non-hydrogen) atoms. The summed E-state index contributed by atoms with van der Waals surface area (Å²) < 4.78 is 7.48. The minimum Gasteiger partial charge on any atom is -0.381 e. The Kier molecular flexibility index (Phi) is 5.25. The quantitative estimate of drug-likeness (QED) is 0.591. The van der Waals surface area contributed by atoms with Crippen molar-refractivity contribution in [2.24, 2.45) is 0 Å². The Labute approximate surface area is 99.2 Å². The largest absolute Gasteiger partial charge is 0.381 e. The lowest BCUT2D eigenvalue weighted by Gasteiger charge is -2.12. The standard InChI is InChI=1S/C10H18BrN3O/c1-4-15-6-5-9-12-13-10(7-11)14(9)8(2)3/h8H,4-7H2,1-3H3. The van der Waals surface area contributed by atoms with Crippen LogP contribution in [0.1, 0.15) is 38.5 Å². The zero-order valence-corrected chi connectivity index (χ0v) is 11.1. The molecule has 4 nitrogen and oxygen atoms in total. The van der Waals surface area contributed by atoms with Crippen molar-refractivity contribution >= 4 is 15.9 Å². The molecule has 86 valence electrons. The fourth-order valence-electron chi connectivity index (χ4n) is 1.53. The lowest BCUT2D eigenvalue weighted by molar-refractivity contribution is 0.148. The van der Waals surface area contributed by atoms with E-state index < -0.39 is 0 Å². The molecule has 0 aliphatic rings. The van der Waals surface area contributed by atoms with E-state index in [1.54, 1.807) is 0 Å². The fraction of sp³-hybridized carbons (Fsp3) is 0.800. The van der Waals surface area contributed by atoms with E-state index in [0.29, 0.717) is 12.6 Å². The van der Waals surface area contributed by atoms with Crippen LogP contribution < -0.4 is 0 Å². The molecule has 5 heteroatoms. The Bertz CT molecular complexity index is 299. The lowest BCUT2D eigenvalue weighted by atomic mass is 10.3. The molecule has 0 saturated heterocycles. The van der Waals surface area contributed by atoms with Gasteiger partial charge in [0.05, 0.1) is 11.9 Å². The summed E-state index contributed by atoms with van der Waals surface area (Å²) in [5, 5.41) is 9.07. The maximum Gasteiger partial charge on any atom is 0.143 e. The van der Waals surface area contributed by atoms with Gasteiger partial charge in [-0.1, -0.05) is 15.9 Å². The fourth-order valence-corrected chi connectivity index (χ4v) is 1.91. The second-order valence-corrected chi connectivity index (χ2v) is 4.14. The van der Waals surface area contributed by atoms with E-state index >= 15 is 0 Å². The normalized spacial score (nSPS) is 11.3. The van der Waals surface area contributed by atoms with Crippen LogP contribution in [0.2, 0.25) is 0 Å². The molecular formula is C10H18BrN3O. The topological polar surface area (TPSA) is 39.9 Å². The van der Waals surface area contributed by atoms with E-state index in [2.05, 4.69) is 44.5 Å². The number of ether oxygens (including phenoxy) is 1. The zero-order chi connectivity index (χ0) is 11.3. The van der Waals surface area contributed by atoms with Crippen LogP contribution >= 0.6 is 15.9 Å². The highest BCUT2D eigenvalue weighted by Gasteiger charge is 2.13. The molecule has 1 aromatic rings. The highest BCUT2D eigenvalue weighted by molar-refractivity contribution is 9.08. The average Bonchev–Trinajstić information content (AvgIpc) is 2.61. The predicted molar refractivity (Wildman–Crippen MR) is 63.2 cm³/mol. The van der Waals surface area contributed by atoms with Gasteiger partial charge in [-0.3, -0.25) is 0 Å². The number of hydrogen-bond acceptors (Lipinski definition) is 3. The molecule has 0 N–H and O–H groups in total. The van der Waals surface area contributed by atoms with Gasteiger partial charge in [0, 0.05) is 19.1 Å². The Morgan fingerprint density at radius 2 is 2.00 bits per heavy atom. The minimum absolute atomic E-state index is 0.393. The van der Waals surface area contributed by atoms with Gasteiger partial charge in [-0.2, -0.15) is 0 Å². The summed E-state index contributed by atoms with van der Waals surface area (Å²) in [6, 6.07) is 0.393. The van der Waals surface area contributed by atoms with Gasteiger partial charge in [-0.05, 0) is 20.8 Å². The number of halogens is 1. The minimum atomic E-state index is 0.393. The summed E-state index contributed by atoms with van der Waals surface area (Å²) in [5.74, 6) is 1.99. The molecule has 0 unspecified atom stereocenters. The summed E-state index contributed by atoms with van der Waals surface area (Å²) in [6.45, 7) is 7.74. The van der Waals surface area contributed by atoms with E-state index in [1.807, 2.05) is 6.92 Å². The molecule has 0 atom stereocenters. The molecule has 0 radical (unpaired) electrons. The van der Waals surface area contributed by atoms with Gasteiger partial charge in [0.25, 0.3) is 0 Å². The van der Waals surface area contributed by atoms with Crippen molar-refractivity contribution < 1.29 is 4.74 Å². The molecule has 0 aliphatic carbocycles. The number of nitrogens with zero attached hydrogens (tertiary/aromatic N) is 3. The third-order valence-corrected chi connectivity index (χ3v) is 2.65. The zero-order valence-electron chi connectivity index (χ0n) is 9.53. The van der Waals surface area contributed by atoms with Crippen LogP contribution in [0.15, 0.2) is 0 Å². The van der Waals surface area contributed by atoms with E-state index in [0.717, 1.165) is 30.0 Å². The number of rotatable bonds is 6. The van der Waals surface area contributed by atoms with Crippen molar-refractivity contribution in [3.8, 4) is 0 Å². The number of hydrogen-bond donors (Lipinski definition) is 0. The van der Waals surface area contributed by atoms with Gasteiger partial charge in [-0.15, -0.1) is 10.2 Å². The van der Waals surface area contributed by atoms with Crippen LogP contribution in [-0.4, -0.2) is 28.0 Å². The summed E-state index contributed by atoms with van der Waals surface area (Å²) in [7, 11) is 0. The maximum atomic E-state index is 5.32. The number of alkyl halides is 1. The van der Waals surface area contributed by atoms with Crippen molar-refractivity contribution in [3.05, 3.63) is 11.6 Å².